The zero-order valence-electron chi connectivity index (χ0n) is 18.2. The summed E-state index contributed by atoms with van der Waals surface area (Å²) >= 11 is 6.32. The molecule has 0 bridgehead atoms. The van der Waals surface area contributed by atoms with Gasteiger partial charge in [-0.05, 0) is 80.0 Å². The van der Waals surface area contributed by atoms with Crippen molar-refractivity contribution < 1.29 is 9.59 Å². The van der Waals surface area contributed by atoms with Gasteiger partial charge in [-0.15, -0.1) is 0 Å². The molecule has 1 saturated heterocycles. The predicted molar refractivity (Wildman–Crippen MR) is 126 cm³/mol. The van der Waals surface area contributed by atoms with E-state index in [9.17, 15) is 9.59 Å². The van der Waals surface area contributed by atoms with Crippen molar-refractivity contribution in [2.75, 3.05) is 18.4 Å². The Morgan fingerprint density at radius 3 is 2.66 bits per heavy atom. The summed E-state index contributed by atoms with van der Waals surface area (Å²) in [5.41, 5.74) is 4.54. The summed E-state index contributed by atoms with van der Waals surface area (Å²) in [6.45, 7) is 3.38. The lowest BCUT2D eigenvalue weighted by Crippen LogP contribution is -2.36. The van der Waals surface area contributed by atoms with Gasteiger partial charge in [-0.1, -0.05) is 29.3 Å². The van der Waals surface area contributed by atoms with Gasteiger partial charge < -0.3 is 10.2 Å². The second-order valence-electron chi connectivity index (χ2n) is 8.66. The summed E-state index contributed by atoms with van der Waals surface area (Å²) in [7, 11) is 0. The highest BCUT2D eigenvalue weighted by molar-refractivity contribution is 6.31. The SMILES string of the molecule is Cc1cc(Cl)cc(C=C2CCN(C(=O)CC3CC3)CC2)c1NC(=O)c1cccc(C#N)c1. The average Bonchev–Trinajstić information content (AvgIpc) is 3.60. The maximum absolute atomic E-state index is 12.9. The second-order valence-corrected chi connectivity index (χ2v) is 9.10. The molecule has 32 heavy (non-hydrogen) atoms. The molecule has 164 valence electrons. The number of halogens is 1. The number of benzene rings is 2. The molecule has 1 N–H and O–H groups in total. The zero-order chi connectivity index (χ0) is 22.7. The van der Waals surface area contributed by atoms with Crippen molar-refractivity contribution in [3.63, 3.8) is 0 Å². The van der Waals surface area contributed by atoms with Crippen LogP contribution >= 0.6 is 11.6 Å². The number of nitriles is 1. The molecule has 0 unspecified atom stereocenters. The van der Waals surface area contributed by atoms with Crippen LogP contribution in [0.5, 0.6) is 0 Å². The Balaban J connectivity index is 1.51. The van der Waals surface area contributed by atoms with E-state index in [2.05, 4.69) is 17.5 Å². The fraction of sp³-hybridized carbons (Fsp3) is 0.346. The minimum Gasteiger partial charge on any atom is -0.342 e. The minimum absolute atomic E-state index is 0.271. The Labute approximate surface area is 193 Å². The summed E-state index contributed by atoms with van der Waals surface area (Å²) < 4.78 is 0. The number of carbonyl (C=O) groups excluding carboxylic acids is 2. The van der Waals surface area contributed by atoms with E-state index in [0.717, 1.165) is 37.1 Å². The van der Waals surface area contributed by atoms with E-state index in [0.29, 0.717) is 34.2 Å². The first kappa shape index (κ1) is 22.1. The Morgan fingerprint density at radius 2 is 1.97 bits per heavy atom. The fourth-order valence-corrected chi connectivity index (χ4v) is 4.36. The zero-order valence-corrected chi connectivity index (χ0v) is 18.9. The molecular formula is C26H26ClN3O2. The van der Waals surface area contributed by atoms with Gasteiger partial charge in [-0.3, -0.25) is 9.59 Å². The summed E-state index contributed by atoms with van der Waals surface area (Å²) in [4.78, 5) is 27.2. The van der Waals surface area contributed by atoms with Crippen LogP contribution in [0.1, 0.15) is 59.2 Å². The highest BCUT2D eigenvalue weighted by Gasteiger charge is 2.28. The van der Waals surface area contributed by atoms with Crippen LogP contribution in [-0.2, 0) is 4.79 Å². The lowest BCUT2D eigenvalue weighted by Gasteiger charge is -2.29. The molecule has 1 aliphatic carbocycles. The Morgan fingerprint density at radius 1 is 1.22 bits per heavy atom. The molecule has 0 aromatic heterocycles. The van der Waals surface area contributed by atoms with Crippen LogP contribution in [0.4, 0.5) is 5.69 Å². The van der Waals surface area contributed by atoms with Gasteiger partial charge in [0.15, 0.2) is 0 Å². The van der Waals surface area contributed by atoms with Gasteiger partial charge in [0.2, 0.25) is 5.91 Å². The summed E-state index contributed by atoms with van der Waals surface area (Å²) in [5, 5.41) is 12.7. The molecular weight excluding hydrogens is 422 g/mol. The third kappa shape index (κ3) is 5.38. The smallest absolute Gasteiger partial charge is 0.255 e. The Hall–Kier alpha value is -3.10. The number of nitrogens with one attached hydrogen (secondary N) is 1. The van der Waals surface area contributed by atoms with Crippen LogP contribution in [0.2, 0.25) is 5.02 Å². The Bertz CT molecular complexity index is 1120. The van der Waals surface area contributed by atoms with Crippen molar-refractivity contribution in [1.29, 1.82) is 5.26 Å². The lowest BCUT2D eigenvalue weighted by atomic mass is 9.98. The number of hydrogen-bond donors (Lipinski definition) is 1. The van der Waals surface area contributed by atoms with Crippen LogP contribution < -0.4 is 5.32 Å². The fourth-order valence-electron chi connectivity index (χ4n) is 4.07. The molecule has 1 heterocycles. The molecule has 1 saturated carbocycles. The molecule has 2 aromatic rings. The van der Waals surface area contributed by atoms with Crippen molar-refractivity contribution in [3.05, 3.63) is 69.2 Å². The summed E-state index contributed by atoms with van der Waals surface area (Å²) in [5.74, 6) is 0.610. The molecule has 0 atom stereocenters. The van der Waals surface area contributed by atoms with Crippen molar-refractivity contribution in [3.8, 4) is 6.07 Å². The van der Waals surface area contributed by atoms with Crippen LogP contribution in [0.15, 0.2) is 42.0 Å². The van der Waals surface area contributed by atoms with Crippen LogP contribution in [0.25, 0.3) is 6.08 Å². The third-order valence-electron chi connectivity index (χ3n) is 6.10. The van der Waals surface area contributed by atoms with Gasteiger partial charge in [-0.25, -0.2) is 0 Å². The molecule has 0 spiro atoms. The van der Waals surface area contributed by atoms with Crippen molar-refractivity contribution in [2.24, 2.45) is 5.92 Å². The van der Waals surface area contributed by atoms with E-state index in [1.54, 1.807) is 24.3 Å². The summed E-state index contributed by atoms with van der Waals surface area (Å²) in [6, 6.07) is 12.4. The number of anilines is 1. The molecule has 6 heteroatoms. The molecule has 2 amide bonds. The highest BCUT2D eigenvalue weighted by atomic mass is 35.5. The predicted octanol–water partition coefficient (Wildman–Crippen LogP) is 5.58. The maximum Gasteiger partial charge on any atom is 0.255 e. The van der Waals surface area contributed by atoms with E-state index < -0.39 is 0 Å². The topological polar surface area (TPSA) is 73.2 Å². The average molecular weight is 448 g/mol. The molecule has 2 fully saturated rings. The second kappa shape index (κ2) is 9.58. The molecule has 2 aliphatic rings. The number of hydrogen-bond acceptors (Lipinski definition) is 3. The van der Waals surface area contributed by atoms with Gasteiger partial charge >= 0.3 is 0 Å². The number of likely N-dealkylation sites (tertiary alicyclic amines) is 1. The maximum atomic E-state index is 12.9. The Kier molecular flexibility index (Phi) is 6.62. The molecule has 5 nitrogen and oxygen atoms in total. The van der Waals surface area contributed by atoms with Crippen molar-refractivity contribution >= 4 is 35.2 Å². The van der Waals surface area contributed by atoms with Crippen LogP contribution in [0.3, 0.4) is 0 Å². The number of amides is 2. The number of nitrogens with zero attached hydrogens (tertiary/aromatic N) is 2. The van der Waals surface area contributed by atoms with E-state index in [1.165, 1.54) is 18.4 Å². The molecule has 2 aromatic carbocycles. The first-order chi connectivity index (χ1) is 15.4. The summed E-state index contributed by atoms with van der Waals surface area (Å²) in [6.07, 6.45) is 6.79. The normalized spacial score (nSPS) is 15.8. The van der Waals surface area contributed by atoms with Gasteiger partial charge in [0.25, 0.3) is 5.91 Å². The van der Waals surface area contributed by atoms with Crippen LogP contribution in [-0.4, -0.2) is 29.8 Å². The number of piperidine rings is 1. The molecule has 4 rings (SSSR count). The molecule has 0 radical (unpaired) electrons. The monoisotopic (exact) mass is 447 g/mol. The number of carbonyl (C=O) groups is 2. The lowest BCUT2D eigenvalue weighted by molar-refractivity contribution is -0.132. The number of aryl methyl sites for hydroxylation is 1. The van der Waals surface area contributed by atoms with Gasteiger partial charge in [-0.2, -0.15) is 5.26 Å². The van der Waals surface area contributed by atoms with Crippen molar-refractivity contribution in [1.82, 2.24) is 4.90 Å². The van der Waals surface area contributed by atoms with E-state index >= 15 is 0 Å². The van der Waals surface area contributed by atoms with E-state index in [4.69, 9.17) is 16.9 Å². The number of rotatable bonds is 5. The van der Waals surface area contributed by atoms with Gasteiger partial charge in [0, 0.05) is 30.1 Å². The largest absolute Gasteiger partial charge is 0.342 e. The quantitative estimate of drug-likeness (QED) is 0.650. The van der Waals surface area contributed by atoms with Crippen LogP contribution in [0, 0.1) is 24.2 Å². The van der Waals surface area contributed by atoms with Gasteiger partial charge in [0.1, 0.15) is 0 Å². The minimum atomic E-state index is -0.271. The van der Waals surface area contributed by atoms with E-state index in [-0.39, 0.29) is 11.8 Å². The molecule has 1 aliphatic heterocycles. The highest BCUT2D eigenvalue weighted by Crippen LogP contribution is 2.34. The van der Waals surface area contributed by atoms with E-state index in [1.807, 2.05) is 24.0 Å². The third-order valence-corrected chi connectivity index (χ3v) is 6.32. The first-order valence-corrected chi connectivity index (χ1v) is 11.4. The van der Waals surface area contributed by atoms with Crippen molar-refractivity contribution in [2.45, 2.75) is 39.0 Å². The standard InChI is InChI=1S/C26H26ClN3O2/c1-17-11-23(27)15-22(25(17)29-26(32)21-4-2-3-20(13-21)16-28)12-19-7-9-30(10-8-19)24(31)14-18-5-6-18/h2-4,11-13,15,18H,5-10,14H2,1H3,(H,29,32). The first-order valence-electron chi connectivity index (χ1n) is 11.0. The van der Waals surface area contributed by atoms with Gasteiger partial charge in [0.05, 0.1) is 17.3 Å².